The number of hydrogen-bond donors (Lipinski definition) is 1. The van der Waals surface area contributed by atoms with Crippen molar-refractivity contribution in [2.24, 2.45) is 13.0 Å². The first-order valence-corrected chi connectivity index (χ1v) is 8.95. The van der Waals surface area contributed by atoms with Gasteiger partial charge in [-0.3, -0.25) is 14.3 Å². The van der Waals surface area contributed by atoms with E-state index in [4.69, 9.17) is 0 Å². The fraction of sp³-hybridized carbons (Fsp3) is 0.286. The Labute approximate surface area is 158 Å². The van der Waals surface area contributed by atoms with Gasteiger partial charge in [-0.1, -0.05) is 36.4 Å². The van der Waals surface area contributed by atoms with Gasteiger partial charge >= 0.3 is 0 Å². The molecule has 3 rings (SSSR count). The van der Waals surface area contributed by atoms with Gasteiger partial charge < -0.3 is 5.32 Å². The van der Waals surface area contributed by atoms with Crippen LogP contribution in [-0.4, -0.2) is 15.3 Å². The van der Waals surface area contributed by atoms with Gasteiger partial charge in [0.2, 0.25) is 0 Å². The highest BCUT2D eigenvalue weighted by Gasteiger charge is 2.20. The van der Waals surface area contributed by atoms with E-state index >= 15 is 0 Å². The Morgan fingerprint density at radius 3 is 2.67 bits per heavy atom. The lowest BCUT2D eigenvalue weighted by Crippen LogP contribution is -2.23. The summed E-state index contributed by atoms with van der Waals surface area (Å²) >= 11 is 0. The number of aromatic nitrogens is 2. The summed E-state index contributed by atoms with van der Waals surface area (Å²) in [4.78, 5) is 25.5. The molecule has 1 aromatic heterocycles. The number of nitriles is 1. The molecule has 0 fully saturated rings. The summed E-state index contributed by atoms with van der Waals surface area (Å²) in [7, 11) is 1.76. The van der Waals surface area contributed by atoms with Crippen molar-refractivity contribution < 1.29 is 4.79 Å². The second kappa shape index (κ2) is 7.92. The third-order valence-electron chi connectivity index (χ3n) is 4.87. The van der Waals surface area contributed by atoms with E-state index in [1.165, 1.54) is 4.68 Å². The van der Waals surface area contributed by atoms with Crippen LogP contribution in [0, 0.1) is 24.2 Å². The Morgan fingerprint density at radius 2 is 2.04 bits per heavy atom. The summed E-state index contributed by atoms with van der Waals surface area (Å²) in [5.41, 5.74) is 1.24. The highest BCUT2D eigenvalue weighted by molar-refractivity contribution is 6.06. The van der Waals surface area contributed by atoms with Crippen LogP contribution < -0.4 is 10.9 Å². The van der Waals surface area contributed by atoms with Gasteiger partial charge in [0.25, 0.3) is 11.5 Å². The minimum absolute atomic E-state index is 0.0456. The monoisotopic (exact) mass is 362 g/mol. The minimum Gasteiger partial charge on any atom is -0.315 e. The van der Waals surface area contributed by atoms with Crippen LogP contribution in [0.15, 0.2) is 58.9 Å². The molecule has 0 aliphatic heterocycles. The number of para-hydroxylation sites is 1. The molecule has 0 unspecified atom stereocenters. The molecule has 138 valence electrons. The summed E-state index contributed by atoms with van der Waals surface area (Å²) in [5.74, 6) is -0.369. The second-order valence-corrected chi connectivity index (χ2v) is 6.63. The summed E-state index contributed by atoms with van der Waals surface area (Å²) < 4.78 is 3.18. The molecule has 0 saturated heterocycles. The molecule has 1 atom stereocenters. The van der Waals surface area contributed by atoms with E-state index in [9.17, 15) is 14.9 Å². The van der Waals surface area contributed by atoms with Crippen LogP contribution in [0.2, 0.25) is 0 Å². The fourth-order valence-electron chi connectivity index (χ4n) is 3.26. The molecule has 1 heterocycles. The predicted octanol–water partition coefficient (Wildman–Crippen LogP) is 3.23. The van der Waals surface area contributed by atoms with Gasteiger partial charge in [0.1, 0.15) is 17.3 Å². The lowest BCUT2D eigenvalue weighted by atomic mass is 9.92. The van der Waals surface area contributed by atoms with Crippen molar-refractivity contribution in [1.82, 2.24) is 9.36 Å². The molecule has 1 N–H and O–H groups in total. The zero-order chi connectivity index (χ0) is 19.4. The molecule has 1 aromatic carbocycles. The van der Waals surface area contributed by atoms with E-state index in [0.29, 0.717) is 11.4 Å². The number of nitrogens with one attached hydrogen (secondary N) is 1. The smallest absolute Gasteiger partial charge is 0.295 e. The maximum atomic E-state index is 12.9. The van der Waals surface area contributed by atoms with Crippen molar-refractivity contribution in [1.29, 1.82) is 5.26 Å². The standard InChI is InChI=1S/C21H22N4O2/c1-15-19(21(27)25(24(15)2)18-11-7-4-8-12-18)23-20(26)17(14-22)13-16-9-5-3-6-10-16/h3-5,7-8,11-13,16H,6,9-10H2,1-2H3,(H,23,26)/b17-13+/t16-/m0/s1. The molecule has 0 bridgehead atoms. The summed E-state index contributed by atoms with van der Waals surface area (Å²) in [6, 6.07) is 11.2. The first kappa shape index (κ1) is 18.5. The highest BCUT2D eigenvalue weighted by atomic mass is 16.2. The molecule has 0 spiro atoms. The van der Waals surface area contributed by atoms with Crippen LogP contribution >= 0.6 is 0 Å². The Balaban J connectivity index is 1.90. The average molecular weight is 362 g/mol. The summed E-state index contributed by atoms with van der Waals surface area (Å²) in [5, 5.41) is 12.0. The van der Waals surface area contributed by atoms with E-state index < -0.39 is 5.91 Å². The zero-order valence-corrected chi connectivity index (χ0v) is 15.5. The Hall–Kier alpha value is -3.33. The van der Waals surface area contributed by atoms with Gasteiger partial charge in [-0.25, -0.2) is 4.68 Å². The van der Waals surface area contributed by atoms with Crippen molar-refractivity contribution in [2.75, 3.05) is 5.32 Å². The zero-order valence-electron chi connectivity index (χ0n) is 15.5. The molecule has 27 heavy (non-hydrogen) atoms. The number of benzene rings is 1. The molecule has 1 amide bonds. The summed E-state index contributed by atoms with van der Waals surface area (Å²) in [6.45, 7) is 1.76. The molecular weight excluding hydrogens is 340 g/mol. The second-order valence-electron chi connectivity index (χ2n) is 6.63. The first-order chi connectivity index (χ1) is 13.0. The number of carbonyl (C=O) groups is 1. The van der Waals surface area contributed by atoms with E-state index in [-0.39, 0.29) is 22.7 Å². The number of nitrogens with zero attached hydrogens (tertiary/aromatic N) is 3. The SMILES string of the molecule is Cc1c(NC(=O)/C(C#N)=C/[C@H]2CC=CCC2)c(=O)n(-c2ccccc2)n1C. The van der Waals surface area contributed by atoms with Gasteiger partial charge in [-0.15, -0.1) is 0 Å². The van der Waals surface area contributed by atoms with E-state index in [1.807, 2.05) is 36.4 Å². The first-order valence-electron chi connectivity index (χ1n) is 8.95. The van der Waals surface area contributed by atoms with Gasteiger partial charge in [0, 0.05) is 7.05 Å². The maximum absolute atomic E-state index is 12.9. The number of carbonyl (C=O) groups excluding carboxylic acids is 1. The van der Waals surface area contributed by atoms with E-state index in [1.54, 1.807) is 24.7 Å². The van der Waals surface area contributed by atoms with Gasteiger partial charge in [-0.2, -0.15) is 5.26 Å². The van der Waals surface area contributed by atoms with Crippen LogP contribution in [0.1, 0.15) is 25.0 Å². The average Bonchev–Trinajstić information content (AvgIpc) is 2.90. The summed E-state index contributed by atoms with van der Waals surface area (Å²) in [6.07, 6.45) is 8.57. The van der Waals surface area contributed by atoms with Gasteiger partial charge in [-0.05, 0) is 44.2 Å². The van der Waals surface area contributed by atoms with E-state index in [2.05, 4.69) is 17.5 Å². The number of amides is 1. The van der Waals surface area contributed by atoms with Crippen molar-refractivity contribution in [3.05, 3.63) is 70.2 Å². The number of rotatable bonds is 4. The van der Waals surface area contributed by atoms with Crippen LogP contribution in [0.25, 0.3) is 5.69 Å². The normalized spacial score (nSPS) is 16.8. The molecule has 6 heteroatoms. The number of allylic oxidation sites excluding steroid dienone is 3. The van der Waals surface area contributed by atoms with Crippen LogP contribution in [0.5, 0.6) is 0 Å². The molecular formula is C21H22N4O2. The molecule has 6 nitrogen and oxygen atoms in total. The van der Waals surface area contributed by atoms with Crippen LogP contribution in [0.4, 0.5) is 5.69 Å². The number of anilines is 1. The Kier molecular flexibility index (Phi) is 5.41. The minimum atomic E-state index is -0.543. The highest BCUT2D eigenvalue weighted by Crippen LogP contribution is 2.21. The molecule has 1 aliphatic carbocycles. The lowest BCUT2D eigenvalue weighted by molar-refractivity contribution is -0.112. The van der Waals surface area contributed by atoms with Crippen LogP contribution in [-0.2, 0) is 11.8 Å². The van der Waals surface area contributed by atoms with Crippen LogP contribution in [0.3, 0.4) is 0 Å². The quantitative estimate of drug-likeness (QED) is 0.515. The number of hydrogen-bond acceptors (Lipinski definition) is 3. The van der Waals surface area contributed by atoms with Gasteiger partial charge in [0.05, 0.1) is 11.4 Å². The van der Waals surface area contributed by atoms with Crippen molar-refractivity contribution in [2.45, 2.75) is 26.2 Å². The Morgan fingerprint density at radius 1 is 1.30 bits per heavy atom. The Bertz CT molecular complexity index is 1000. The predicted molar refractivity (Wildman–Crippen MR) is 105 cm³/mol. The third-order valence-corrected chi connectivity index (χ3v) is 4.87. The van der Waals surface area contributed by atoms with Crippen molar-refractivity contribution in [3.63, 3.8) is 0 Å². The lowest BCUT2D eigenvalue weighted by Gasteiger charge is -2.13. The van der Waals surface area contributed by atoms with Gasteiger partial charge in [0.15, 0.2) is 0 Å². The van der Waals surface area contributed by atoms with Crippen molar-refractivity contribution >= 4 is 11.6 Å². The third kappa shape index (κ3) is 3.77. The molecule has 0 saturated carbocycles. The van der Waals surface area contributed by atoms with E-state index in [0.717, 1.165) is 19.3 Å². The van der Waals surface area contributed by atoms with Crippen molar-refractivity contribution in [3.8, 4) is 11.8 Å². The largest absolute Gasteiger partial charge is 0.315 e. The molecule has 1 aliphatic rings. The maximum Gasteiger partial charge on any atom is 0.295 e. The topological polar surface area (TPSA) is 79.8 Å². The molecule has 0 radical (unpaired) electrons. The molecule has 2 aromatic rings. The fourth-order valence-corrected chi connectivity index (χ4v) is 3.26.